The van der Waals surface area contributed by atoms with Crippen molar-refractivity contribution in [2.24, 2.45) is 5.92 Å². The Hall–Kier alpha value is -4.65. The van der Waals surface area contributed by atoms with E-state index in [0.29, 0.717) is 54.6 Å². The molecule has 7 rings (SSSR count). The normalized spacial score (nSPS) is 17.0. The fourth-order valence-corrected chi connectivity index (χ4v) is 6.46. The molecule has 0 radical (unpaired) electrons. The lowest BCUT2D eigenvalue weighted by atomic mass is 9.83. The minimum absolute atomic E-state index is 0.0847. The van der Waals surface area contributed by atoms with Gasteiger partial charge in [0, 0.05) is 39.0 Å². The summed E-state index contributed by atoms with van der Waals surface area (Å²) in [5.74, 6) is 2.19. The summed E-state index contributed by atoms with van der Waals surface area (Å²) in [6, 6.07) is 11.2. The maximum Gasteiger partial charge on any atom is 0.247 e. The molecule has 5 heterocycles. The Labute approximate surface area is 254 Å². The average molecular weight is 600 g/mol. The Kier molecular flexibility index (Phi) is 7.77. The number of rotatable bonds is 9. The van der Waals surface area contributed by atoms with Crippen LogP contribution in [0.15, 0.2) is 53.3 Å². The third-order valence-electron chi connectivity index (χ3n) is 8.76. The molecule has 1 aliphatic heterocycles. The molecular weight excluding hydrogens is 562 g/mol. The van der Waals surface area contributed by atoms with Crippen LogP contribution in [0.5, 0.6) is 5.75 Å². The summed E-state index contributed by atoms with van der Waals surface area (Å²) in [5, 5.41) is 9.96. The molecule has 13 heteroatoms. The largest absolute Gasteiger partial charge is 0.491 e. The van der Waals surface area contributed by atoms with Gasteiger partial charge in [-0.05, 0) is 55.2 Å². The Morgan fingerprint density at radius 3 is 2.55 bits per heavy atom. The lowest BCUT2D eigenvalue weighted by Gasteiger charge is -2.39. The molecule has 4 aromatic heterocycles. The first kappa shape index (κ1) is 28.1. The van der Waals surface area contributed by atoms with Crippen LogP contribution in [0.3, 0.4) is 0 Å². The standard InChI is InChI=1S/C31H37N9O4/c1-42-18-19-43-23-11-9-22(10-12-23)37-13-15-38(16-14-37)30(41)26(21-6-3-2-4-7-21)39-29-24(20-33-39)28-34-27(25-8-5-17-44-25)36-40(28)31(32)35-29/h5,8-12,17,20-21,26H,2-4,6-7,13-16,18-19H2,1H3,(H2,32,35). The summed E-state index contributed by atoms with van der Waals surface area (Å²) in [7, 11) is 1.66. The second-order valence-corrected chi connectivity index (χ2v) is 11.4. The maximum absolute atomic E-state index is 14.4. The number of piperazine rings is 1. The number of nitrogens with two attached hydrogens (primary N) is 1. The van der Waals surface area contributed by atoms with Crippen LogP contribution in [0, 0.1) is 5.92 Å². The quantitative estimate of drug-likeness (QED) is 0.249. The number of anilines is 2. The van der Waals surface area contributed by atoms with Crippen LogP contribution >= 0.6 is 0 Å². The molecule has 2 N–H and O–H groups in total. The van der Waals surface area contributed by atoms with Gasteiger partial charge < -0.3 is 29.4 Å². The van der Waals surface area contributed by atoms with Crippen LogP contribution in [0.1, 0.15) is 38.1 Å². The van der Waals surface area contributed by atoms with Gasteiger partial charge in [0.2, 0.25) is 17.7 Å². The first-order valence-electron chi connectivity index (χ1n) is 15.3. The van der Waals surface area contributed by atoms with Gasteiger partial charge in [-0.3, -0.25) is 4.79 Å². The molecule has 1 aromatic carbocycles. The van der Waals surface area contributed by atoms with Crippen LogP contribution in [-0.2, 0) is 9.53 Å². The molecule has 230 valence electrons. The van der Waals surface area contributed by atoms with Crippen LogP contribution in [0.2, 0.25) is 0 Å². The lowest BCUT2D eigenvalue weighted by molar-refractivity contribution is -0.137. The molecule has 1 amide bonds. The molecule has 44 heavy (non-hydrogen) atoms. The summed E-state index contributed by atoms with van der Waals surface area (Å²) in [5.41, 5.74) is 8.58. The summed E-state index contributed by atoms with van der Waals surface area (Å²) in [6.07, 6.45) is 8.64. The highest BCUT2D eigenvalue weighted by atomic mass is 16.5. The molecule has 1 saturated carbocycles. The van der Waals surface area contributed by atoms with Crippen molar-refractivity contribution in [3.63, 3.8) is 0 Å². The Bertz CT molecular complexity index is 1720. The van der Waals surface area contributed by atoms with E-state index in [1.165, 1.54) is 10.9 Å². The van der Waals surface area contributed by atoms with E-state index in [9.17, 15) is 4.79 Å². The number of carbonyl (C=O) groups excluding carboxylic acids is 1. The molecule has 2 fully saturated rings. The number of methoxy groups -OCH3 is 1. The summed E-state index contributed by atoms with van der Waals surface area (Å²) in [6.45, 7) is 3.81. The number of hydrogen-bond donors (Lipinski definition) is 1. The molecule has 1 aliphatic carbocycles. The smallest absolute Gasteiger partial charge is 0.247 e. The maximum atomic E-state index is 14.4. The highest BCUT2D eigenvalue weighted by Crippen LogP contribution is 2.36. The first-order chi connectivity index (χ1) is 21.6. The Balaban J connectivity index is 1.14. The van der Waals surface area contributed by atoms with E-state index in [4.69, 9.17) is 34.7 Å². The molecule has 2 aliphatic rings. The highest BCUT2D eigenvalue weighted by Gasteiger charge is 2.37. The van der Waals surface area contributed by atoms with Crippen molar-refractivity contribution in [2.45, 2.75) is 38.1 Å². The van der Waals surface area contributed by atoms with Crippen LogP contribution in [0.4, 0.5) is 11.6 Å². The number of nitrogen functional groups attached to an aromatic ring is 1. The zero-order valence-electron chi connectivity index (χ0n) is 24.8. The van der Waals surface area contributed by atoms with E-state index in [2.05, 4.69) is 22.1 Å². The number of carbonyl (C=O) groups is 1. The van der Waals surface area contributed by atoms with Gasteiger partial charge in [-0.1, -0.05) is 19.3 Å². The molecule has 5 aromatic rings. The van der Waals surface area contributed by atoms with E-state index in [1.54, 1.807) is 36.4 Å². The minimum Gasteiger partial charge on any atom is -0.491 e. The zero-order chi connectivity index (χ0) is 30.0. The number of furan rings is 1. The summed E-state index contributed by atoms with van der Waals surface area (Å²) >= 11 is 0. The van der Waals surface area contributed by atoms with Crippen molar-refractivity contribution in [1.29, 1.82) is 0 Å². The number of fused-ring (bicyclic) bond motifs is 3. The second kappa shape index (κ2) is 12.2. The molecule has 0 bridgehead atoms. The third kappa shape index (κ3) is 5.32. The van der Waals surface area contributed by atoms with Crippen LogP contribution < -0.4 is 15.4 Å². The topological polar surface area (TPSA) is 142 Å². The molecule has 1 unspecified atom stereocenters. The van der Waals surface area contributed by atoms with Crippen molar-refractivity contribution < 1.29 is 18.7 Å². The third-order valence-corrected chi connectivity index (χ3v) is 8.76. The highest BCUT2D eigenvalue weighted by molar-refractivity contribution is 5.92. The summed E-state index contributed by atoms with van der Waals surface area (Å²) < 4.78 is 19.6. The average Bonchev–Trinajstić information content (AvgIpc) is 3.83. The van der Waals surface area contributed by atoms with Crippen molar-refractivity contribution in [3.8, 4) is 17.3 Å². The fraction of sp³-hybridized carbons (Fsp3) is 0.452. The van der Waals surface area contributed by atoms with E-state index in [1.807, 2.05) is 17.0 Å². The van der Waals surface area contributed by atoms with Crippen LogP contribution in [-0.4, -0.2) is 86.7 Å². The molecule has 0 spiro atoms. The van der Waals surface area contributed by atoms with Crippen molar-refractivity contribution in [1.82, 2.24) is 34.3 Å². The fourth-order valence-electron chi connectivity index (χ4n) is 6.46. The number of nitrogens with zero attached hydrogens (tertiary/aromatic N) is 8. The predicted octanol–water partition coefficient (Wildman–Crippen LogP) is 3.81. The van der Waals surface area contributed by atoms with E-state index in [0.717, 1.165) is 50.2 Å². The number of amides is 1. The van der Waals surface area contributed by atoms with E-state index >= 15 is 0 Å². The van der Waals surface area contributed by atoms with Gasteiger partial charge in [-0.2, -0.15) is 14.6 Å². The van der Waals surface area contributed by atoms with Gasteiger partial charge in [-0.15, -0.1) is 5.10 Å². The monoisotopic (exact) mass is 599 g/mol. The molecule has 13 nitrogen and oxygen atoms in total. The SMILES string of the molecule is COCCOc1ccc(N2CCN(C(=O)C(C3CCCCC3)n3ncc4c3nc(N)n3nc(-c5ccco5)nc43)CC2)cc1. The number of hydrogen-bond acceptors (Lipinski definition) is 10. The summed E-state index contributed by atoms with van der Waals surface area (Å²) in [4.78, 5) is 28.1. The van der Waals surface area contributed by atoms with Crippen molar-refractivity contribution in [3.05, 3.63) is 48.9 Å². The van der Waals surface area contributed by atoms with Crippen molar-refractivity contribution in [2.75, 3.05) is 57.1 Å². The van der Waals surface area contributed by atoms with Gasteiger partial charge in [-0.25, -0.2) is 9.67 Å². The second-order valence-electron chi connectivity index (χ2n) is 11.4. The van der Waals surface area contributed by atoms with Gasteiger partial charge in [0.05, 0.1) is 24.5 Å². The van der Waals surface area contributed by atoms with Gasteiger partial charge in [0.25, 0.3) is 0 Å². The molecule has 1 saturated heterocycles. The minimum atomic E-state index is -0.468. The zero-order valence-corrected chi connectivity index (χ0v) is 24.8. The van der Waals surface area contributed by atoms with Gasteiger partial charge in [0.15, 0.2) is 17.1 Å². The molecule has 1 atom stereocenters. The number of aromatic nitrogens is 6. The Morgan fingerprint density at radius 2 is 1.82 bits per heavy atom. The first-order valence-corrected chi connectivity index (χ1v) is 15.3. The number of ether oxygens (including phenoxy) is 2. The molecular formula is C31H37N9O4. The van der Waals surface area contributed by atoms with Crippen LogP contribution in [0.25, 0.3) is 28.3 Å². The van der Waals surface area contributed by atoms with Gasteiger partial charge in [0.1, 0.15) is 18.4 Å². The Morgan fingerprint density at radius 1 is 1.02 bits per heavy atom. The van der Waals surface area contributed by atoms with Crippen molar-refractivity contribution >= 4 is 34.2 Å². The van der Waals surface area contributed by atoms with E-state index in [-0.39, 0.29) is 17.8 Å². The predicted molar refractivity (Wildman–Crippen MR) is 164 cm³/mol. The lowest BCUT2D eigenvalue weighted by Crippen LogP contribution is -2.51. The van der Waals surface area contributed by atoms with Gasteiger partial charge >= 0.3 is 0 Å². The number of benzene rings is 1. The van der Waals surface area contributed by atoms with E-state index < -0.39 is 6.04 Å².